The van der Waals surface area contributed by atoms with Crippen molar-refractivity contribution in [2.75, 3.05) is 19.8 Å². The SMILES string of the molecule is C=C(CCN)CC1CCOCC1. The molecule has 0 amide bonds. The third-order valence-electron chi connectivity index (χ3n) is 2.42. The van der Waals surface area contributed by atoms with Crippen LogP contribution in [0.2, 0.25) is 0 Å². The standard InChI is InChI=1S/C10H19NO/c1-9(2-5-11)8-10-3-6-12-7-4-10/h10H,1-8,11H2. The second kappa shape index (κ2) is 5.33. The number of hydrogen-bond donors (Lipinski definition) is 1. The van der Waals surface area contributed by atoms with E-state index in [0.29, 0.717) is 0 Å². The van der Waals surface area contributed by atoms with Gasteiger partial charge in [0, 0.05) is 13.2 Å². The minimum atomic E-state index is 0.738. The van der Waals surface area contributed by atoms with E-state index in [9.17, 15) is 0 Å². The van der Waals surface area contributed by atoms with Crippen molar-refractivity contribution in [3.05, 3.63) is 12.2 Å². The topological polar surface area (TPSA) is 35.2 Å². The molecule has 2 heteroatoms. The van der Waals surface area contributed by atoms with Crippen LogP contribution in [0.25, 0.3) is 0 Å². The average molecular weight is 169 g/mol. The Bertz CT molecular complexity index is 139. The molecule has 0 radical (unpaired) electrons. The summed E-state index contributed by atoms with van der Waals surface area (Å²) in [6.45, 7) is 6.62. The summed E-state index contributed by atoms with van der Waals surface area (Å²) in [5.74, 6) is 0.804. The van der Waals surface area contributed by atoms with Crippen molar-refractivity contribution in [1.29, 1.82) is 0 Å². The van der Waals surface area contributed by atoms with Gasteiger partial charge < -0.3 is 10.5 Å². The van der Waals surface area contributed by atoms with Crippen molar-refractivity contribution in [1.82, 2.24) is 0 Å². The molecule has 1 fully saturated rings. The number of hydrogen-bond acceptors (Lipinski definition) is 2. The van der Waals surface area contributed by atoms with Gasteiger partial charge in [-0.05, 0) is 38.1 Å². The van der Waals surface area contributed by atoms with Crippen molar-refractivity contribution in [2.45, 2.75) is 25.7 Å². The molecule has 1 rings (SSSR count). The van der Waals surface area contributed by atoms with E-state index in [4.69, 9.17) is 10.5 Å². The highest BCUT2D eigenvalue weighted by atomic mass is 16.5. The first-order chi connectivity index (χ1) is 5.83. The minimum Gasteiger partial charge on any atom is -0.381 e. The maximum absolute atomic E-state index is 5.45. The Kier molecular flexibility index (Phi) is 4.33. The predicted molar refractivity (Wildman–Crippen MR) is 51.0 cm³/mol. The molecule has 0 spiro atoms. The molecular formula is C10H19NO. The van der Waals surface area contributed by atoms with Gasteiger partial charge in [0.25, 0.3) is 0 Å². The Hall–Kier alpha value is -0.340. The molecule has 1 aliphatic rings. The van der Waals surface area contributed by atoms with Crippen LogP contribution in [0.4, 0.5) is 0 Å². The Labute approximate surface area is 74.8 Å². The maximum atomic E-state index is 5.45. The van der Waals surface area contributed by atoms with Gasteiger partial charge in [0.15, 0.2) is 0 Å². The zero-order valence-corrected chi connectivity index (χ0v) is 7.72. The molecule has 2 nitrogen and oxygen atoms in total. The monoisotopic (exact) mass is 169 g/mol. The van der Waals surface area contributed by atoms with Crippen LogP contribution in [0, 0.1) is 5.92 Å². The number of ether oxygens (including phenoxy) is 1. The number of nitrogens with two attached hydrogens (primary N) is 1. The minimum absolute atomic E-state index is 0.738. The summed E-state index contributed by atoms with van der Waals surface area (Å²) in [5, 5.41) is 0. The van der Waals surface area contributed by atoms with Gasteiger partial charge in [0.1, 0.15) is 0 Å². The molecule has 1 saturated heterocycles. The smallest absolute Gasteiger partial charge is 0.0468 e. The van der Waals surface area contributed by atoms with Gasteiger partial charge in [0.2, 0.25) is 0 Å². The molecule has 70 valence electrons. The molecule has 0 aromatic heterocycles. The van der Waals surface area contributed by atoms with Crippen LogP contribution in [-0.2, 0) is 4.74 Å². The zero-order valence-electron chi connectivity index (χ0n) is 7.72. The van der Waals surface area contributed by atoms with Crippen molar-refractivity contribution in [2.24, 2.45) is 11.7 Å². The van der Waals surface area contributed by atoms with E-state index < -0.39 is 0 Å². The van der Waals surface area contributed by atoms with Crippen molar-refractivity contribution < 1.29 is 4.74 Å². The summed E-state index contributed by atoms with van der Waals surface area (Å²) in [5.41, 5.74) is 6.76. The summed E-state index contributed by atoms with van der Waals surface area (Å²) >= 11 is 0. The molecule has 12 heavy (non-hydrogen) atoms. The van der Waals surface area contributed by atoms with Crippen LogP contribution in [0.15, 0.2) is 12.2 Å². The van der Waals surface area contributed by atoms with Gasteiger partial charge in [-0.3, -0.25) is 0 Å². The largest absolute Gasteiger partial charge is 0.381 e. The lowest BCUT2D eigenvalue weighted by molar-refractivity contribution is 0.0664. The van der Waals surface area contributed by atoms with Crippen LogP contribution >= 0.6 is 0 Å². The molecule has 2 N–H and O–H groups in total. The summed E-state index contributed by atoms with van der Waals surface area (Å²) in [6, 6.07) is 0. The lowest BCUT2D eigenvalue weighted by Gasteiger charge is -2.22. The van der Waals surface area contributed by atoms with Crippen molar-refractivity contribution in [3.63, 3.8) is 0 Å². The molecule has 0 aliphatic carbocycles. The fraction of sp³-hybridized carbons (Fsp3) is 0.800. The fourth-order valence-electron chi connectivity index (χ4n) is 1.66. The second-order valence-corrected chi connectivity index (χ2v) is 3.55. The van der Waals surface area contributed by atoms with E-state index in [1.807, 2.05) is 0 Å². The summed E-state index contributed by atoms with van der Waals surface area (Å²) in [4.78, 5) is 0. The molecule has 0 bridgehead atoms. The molecule has 1 aliphatic heterocycles. The fourth-order valence-corrected chi connectivity index (χ4v) is 1.66. The molecule has 0 aromatic rings. The van der Waals surface area contributed by atoms with Crippen LogP contribution in [0.1, 0.15) is 25.7 Å². The third kappa shape index (κ3) is 3.37. The molecule has 0 unspecified atom stereocenters. The summed E-state index contributed by atoms with van der Waals surface area (Å²) in [7, 11) is 0. The Morgan fingerprint density at radius 3 is 2.67 bits per heavy atom. The molecule has 0 atom stereocenters. The van der Waals surface area contributed by atoms with Crippen LogP contribution in [0.5, 0.6) is 0 Å². The summed E-state index contributed by atoms with van der Waals surface area (Å²) < 4.78 is 5.29. The molecule has 0 saturated carbocycles. The highest BCUT2D eigenvalue weighted by Crippen LogP contribution is 2.22. The lowest BCUT2D eigenvalue weighted by Crippen LogP contribution is -2.16. The van der Waals surface area contributed by atoms with E-state index in [1.165, 1.54) is 18.4 Å². The van der Waals surface area contributed by atoms with Crippen molar-refractivity contribution in [3.8, 4) is 0 Å². The van der Waals surface area contributed by atoms with Crippen LogP contribution in [0.3, 0.4) is 0 Å². The third-order valence-corrected chi connectivity index (χ3v) is 2.42. The second-order valence-electron chi connectivity index (χ2n) is 3.55. The molecular weight excluding hydrogens is 150 g/mol. The quantitative estimate of drug-likeness (QED) is 0.650. The maximum Gasteiger partial charge on any atom is 0.0468 e. The average Bonchev–Trinajstić information content (AvgIpc) is 2.06. The Morgan fingerprint density at radius 1 is 1.42 bits per heavy atom. The first kappa shape index (κ1) is 9.75. The van der Waals surface area contributed by atoms with E-state index in [-0.39, 0.29) is 0 Å². The van der Waals surface area contributed by atoms with E-state index >= 15 is 0 Å². The summed E-state index contributed by atoms with van der Waals surface area (Å²) in [6.07, 6.45) is 4.53. The number of rotatable bonds is 4. The van der Waals surface area contributed by atoms with Gasteiger partial charge in [-0.15, -0.1) is 0 Å². The van der Waals surface area contributed by atoms with E-state index in [1.54, 1.807) is 0 Å². The molecule has 0 aromatic carbocycles. The lowest BCUT2D eigenvalue weighted by atomic mass is 9.92. The normalized spacial score (nSPS) is 19.4. The van der Waals surface area contributed by atoms with Crippen molar-refractivity contribution >= 4 is 0 Å². The van der Waals surface area contributed by atoms with Gasteiger partial charge >= 0.3 is 0 Å². The zero-order chi connectivity index (χ0) is 8.81. The van der Waals surface area contributed by atoms with E-state index in [2.05, 4.69) is 6.58 Å². The Morgan fingerprint density at radius 2 is 2.08 bits per heavy atom. The van der Waals surface area contributed by atoms with Gasteiger partial charge in [-0.2, -0.15) is 0 Å². The van der Waals surface area contributed by atoms with E-state index in [0.717, 1.165) is 38.5 Å². The highest BCUT2D eigenvalue weighted by molar-refractivity contribution is 4.96. The predicted octanol–water partition coefficient (Wildman–Crippen LogP) is 1.71. The van der Waals surface area contributed by atoms with Gasteiger partial charge in [-0.1, -0.05) is 12.2 Å². The van der Waals surface area contributed by atoms with Crippen LogP contribution in [-0.4, -0.2) is 19.8 Å². The van der Waals surface area contributed by atoms with Gasteiger partial charge in [-0.25, -0.2) is 0 Å². The highest BCUT2D eigenvalue weighted by Gasteiger charge is 2.13. The van der Waals surface area contributed by atoms with Gasteiger partial charge in [0.05, 0.1) is 0 Å². The van der Waals surface area contributed by atoms with Crippen LogP contribution < -0.4 is 5.73 Å². The first-order valence-electron chi connectivity index (χ1n) is 4.77. The first-order valence-corrected chi connectivity index (χ1v) is 4.77. The molecule has 1 heterocycles. The Balaban J connectivity index is 2.15.